The Labute approximate surface area is 151 Å². The van der Waals surface area contributed by atoms with Crippen molar-refractivity contribution < 1.29 is 26.8 Å². The number of hydrogen-bond acceptors (Lipinski definition) is 4. The van der Waals surface area contributed by atoms with Gasteiger partial charge in [-0.2, -0.15) is 4.68 Å². The maximum Gasteiger partial charge on any atom is 0.255 e. The van der Waals surface area contributed by atoms with E-state index in [0.29, 0.717) is 11.9 Å². The predicted molar refractivity (Wildman–Crippen MR) is 93.4 cm³/mol. The summed E-state index contributed by atoms with van der Waals surface area (Å²) in [7, 11) is -1.94. The van der Waals surface area contributed by atoms with Crippen LogP contribution in [0.25, 0.3) is 22.5 Å². The van der Waals surface area contributed by atoms with Gasteiger partial charge in [-0.25, -0.2) is 8.42 Å². The molecular weight excluding hydrogens is 340 g/mol. The van der Waals surface area contributed by atoms with Crippen molar-refractivity contribution in [1.82, 2.24) is 4.68 Å². The first-order chi connectivity index (χ1) is 13.0. The molecule has 0 N–H and O–H groups in total. The second-order valence-electron chi connectivity index (χ2n) is 5.25. The molecule has 0 atom stereocenters. The zero-order valence-electron chi connectivity index (χ0n) is 16.8. The van der Waals surface area contributed by atoms with Gasteiger partial charge in [0.1, 0.15) is 9.81 Å². The van der Waals surface area contributed by atoms with E-state index < -0.39 is 17.1 Å². The molecule has 0 amide bonds. The van der Waals surface area contributed by atoms with Crippen LogP contribution in [-0.4, -0.2) is 19.4 Å². The summed E-state index contributed by atoms with van der Waals surface area (Å²) in [6, 6.07) is 21.3. The summed E-state index contributed by atoms with van der Waals surface area (Å²) in [5.41, 5.74) is 3.43. The molecule has 6 nitrogen and oxygen atoms in total. The third kappa shape index (κ3) is 4.99. The lowest BCUT2D eigenvalue weighted by Gasteiger charge is -1.99. The number of aromatic nitrogens is 2. The van der Waals surface area contributed by atoms with Crippen LogP contribution in [0.5, 0.6) is 0 Å². The monoisotopic (exact) mass is 363 g/mol. The van der Waals surface area contributed by atoms with Gasteiger partial charge in [-0.3, -0.25) is 0 Å². The number of nitrogens with zero attached hydrogens (tertiary/aromatic N) is 2. The second-order valence-corrected chi connectivity index (χ2v) is 6.80. The van der Waals surface area contributed by atoms with Crippen molar-refractivity contribution in [2.45, 2.75) is 0 Å². The van der Waals surface area contributed by atoms with Gasteiger partial charge in [-0.15, -0.1) is 4.68 Å². The number of hydrogen-bond donors (Lipinski definition) is 0. The van der Waals surface area contributed by atoms with Crippen molar-refractivity contribution >= 4 is 10.1 Å². The van der Waals surface area contributed by atoms with E-state index >= 15 is 0 Å². The molecule has 0 saturated carbocycles. The van der Waals surface area contributed by atoms with Crippen LogP contribution in [-0.2, 0) is 28.5 Å². The Morgan fingerprint density at radius 2 is 1.52 bits per heavy atom. The molecule has 132 valence electrons. The summed E-state index contributed by atoms with van der Waals surface area (Å²) in [6.45, 7) is -2.24. The lowest BCUT2D eigenvalue weighted by Crippen LogP contribution is -2.39. The lowest BCUT2D eigenvalue weighted by atomic mass is 10.1. The molecule has 3 rings (SSSR count). The fourth-order valence-electron chi connectivity index (χ4n) is 2.25. The Bertz CT molecular complexity index is 1020. The first-order valence-electron chi connectivity index (χ1n) is 8.79. The molecule has 25 heavy (non-hydrogen) atoms. The summed E-state index contributed by atoms with van der Waals surface area (Å²) in [6.07, 6.45) is 0.681. The van der Waals surface area contributed by atoms with Crippen molar-refractivity contribution in [2.24, 2.45) is 14.0 Å². The van der Waals surface area contributed by atoms with Gasteiger partial charge in [0.15, 0.2) is 6.98 Å². The second kappa shape index (κ2) is 8.06. The molecule has 0 aliphatic heterocycles. The van der Waals surface area contributed by atoms with E-state index in [4.69, 9.17) is 9.37 Å². The van der Waals surface area contributed by atoms with Crippen molar-refractivity contribution in [3.63, 3.8) is 0 Å². The van der Waals surface area contributed by atoms with Gasteiger partial charge in [0.25, 0.3) is 10.1 Å². The van der Waals surface area contributed by atoms with Crippen molar-refractivity contribution in [2.75, 3.05) is 6.26 Å². The molecule has 0 radical (unpaired) electrons. The molecule has 7 heteroatoms. The molecular formula is C18H20N2O4S. The SMILES string of the molecule is CS(=O)(=O)O[O-].[2H]C([2H])([2H])[n+]1c(-c2ccccc2)cc(-c2ccccc2)n1C. The fraction of sp³-hybridized carbons (Fsp3) is 0.167. The standard InChI is InChI=1S/C17H17N2.CH4O4S/c1-18-16(14-9-5-3-6-10-14)13-17(19(18)2)15-11-7-4-8-12-15;1-6(3,4)5-2/h3-13H,1-2H3;2H,1H3/q+1;/p-1/i1D3;. The summed E-state index contributed by atoms with van der Waals surface area (Å²) in [4.78, 5) is 0. The van der Waals surface area contributed by atoms with Crippen molar-refractivity contribution in [3.8, 4) is 22.5 Å². The van der Waals surface area contributed by atoms with Gasteiger partial charge in [-0.05, 0) is 12.1 Å². The third-order valence-corrected chi connectivity index (χ3v) is 3.66. The van der Waals surface area contributed by atoms with Crippen LogP contribution in [0.3, 0.4) is 0 Å². The van der Waals surface area contributed by atoms with Crippen LogP contribution >= 0.6 is 0 Å². The minimum atomic E-state index is -3.72. The lowest BCUT2D eigenvalue weighted by molar-refractivity contribution is -0.740. The zero-order valence-corrected chi connectivity index (χ0v) is 14.6. The smallest absolute Gasteiger partial charge is 0.255 e. The van der Waals surface area contributed by atoms with Crippen LogP contribution in [0.4, 0.5) is 0 Å². The average Bonchev–Trinajstić information content (AvgIpc) is 3.01. The van der Waals surface area contributed by atoms with E-state index in [1.54, 1.807) is 11.7 Å². The van der Waals surface area contributed by atoms with Gasteiger partial charge >= 0.3 is 0 Å². The molecule has 2 aromatic carbocycles. The van der Waals surface area contributed by atoms with Gasteiger partial charge in [-0.1, -0.05) is 48.5 Å². The normalized spacial score (nSPS) is 13.2. The van der Waals surface area contributed by atoms with E-state index in [1.165, 1.54) is 4.68 Å². The van der Waals surface area contributed by atoms with Crippen LogP contribution in [0.1, 0.15) is 4.11 Å². The largest absolute Gasteiger partial charge is 0.707 e. The van der Waals surface area contributed by atoms with Gasteiger partial charge in [0.05, 0.1) is 13.3 Å². The highest BCUT2D eigenvalue weighted by atomic mass is 32.2. The third-order valence-electron chi connectivity index (χ3n) is 3.41. The minimum absolute atomic E-state index is 0.681. The quantitative estimate of drug-likeness (QED) is 0.401. The molecule has 0 bridgehead atoms. The highest BCUT2D eigenvalue weighted by Crippen LogP contribution is 2.23. The van der Waals surface area contributed by atoms with E-state index in [0.717, 1.165) is 16.8 Å². The molecule has 0 unspecified atom stereocenters. The average molecular weight is 363 g/mol. The molecule has 1 aromatic heterocycles. The maximum absolute atomic E-state index is 9.47. The first-order valence-corrected chi connectivity index (χ1v) is 9.11. The molecule has 0 aliphatic rings. The van der Waals surface area contributed by atoms with Crippen LogP contribution < -0.4 is 9.94 Å². The molecule has 0 fully saturated rings. The molecule has 0 aliphatic carbocycles. The first kappa shape index (κ1) is 14.8. The van der Waals surface area contributed by atoms with E-state index in [-0.39, 0.29) is 0 Å². The summed E-state index contributed by atoms with van der Waals surface area (Å²) in [5, 5.41) is 8.86. The minimum Gasteiger partial charge on any atom is -0.707 e. The molecule has 3 aromatic rings. The predicted octanol–water partition coefficient (Wildman–Crippen LogP) is 1.42. The Balaban J connectivity index is 0.000000409. The van der Waals surface area contributed by atoms with E-state index in [2.05, 4.69) is 4.33 Å². The number of rotatable bonds is 3. The highest BCUT2D eigenvalue weighted by molar-refractivity contribution is 7.85. The topological polar surface area (TPSA) is 75.2 Å². The summed E-state index contributed by atoms with van der Waals surface area (Å²) >= 11 is 0. The number of benzene rings is 2. The Morgan fingerprint density at radius 1 is 1.04 bits per heavy atom. The van der Waals surface area contributed by atoms with Gasteiger partial charge in [0.2, 0.25) is 5.69 Å². The fourth-order valence-corrected chi connectivity index (χ4v) is 2.25. The Kier molecular flexibility index (Phi) is 4.78. The van der Waals surface area contributed by atoms with E-state index in [9.17, 15) is 8.42 Å². The molecule has 1 heterocycles. The summed E-state index contributed by atoms with van der Waals surface area (Å²) < 4.78 is 48.2. The molecule has 0 spiro atoms. The van der Waals surface area contributed by atoms with Gasteiger partial charge in [0, 0.05) is 17.2 Å². The Morgan fingerprint density at radius 3 is 1.96 bits per heavy atom. The molecule has 0 saturated heterocycles. The highest BCUT2D eigenvalue weighted by Gasteiger charge is 2.19. The van der Waals surface area contributed by atoms with Crippen molar-refractivity contribution in [3.05, 3.63) is 66.7 Å². The summed E-state index contributed by atoms with van der Waals surface area (Å²) in [5.74, 6) is 0. The van der Waals surface area contributed by atoms with Crippen LogP contribution in [0, 0.1) is 0 Å². The van der Waals surface area contributed by atoms with Gasteiger partial charge < -0.3 is 9.59 Å². The van der Waals surface area contributed by atoms with Crippen LogP contribution in [0.15, 0.2) is 66.7 Å². The Hall–Kier alpha value is -2.48. The maximum atomic E-state index is 9.47. The zero-order chi connectivity index (χ0) is 20.9. The van der Waals surface area contributed by atoms with Crippen molar-refractivity contribution in [1.29, 1.82) is 0 Å². The van der Waals surface area contributed by atoms with E-state index in [1.807, 2.05) is 66.7 Å². The van der Waals surface area contributed by atoms with Crippen LogP contribution in [0.2, 0.25) is 0 Å².